The summed E-state index contributed by atoms with van der Waals surface area (Å²) in [7, 11) is 1.96. The van der Waals surface area contributed by atoms with Gasteiger partial charge in [0.15, 0.2) is 5.16 Å². The summed E-state index contributed by atoms with van der Waals surface area (Å²) in [5, 5.41) is 4.48. The van der Waals surface area contributed by atoms with Crippen molar-refractivity contribution in [2.45, 2.75) is 18.1 Å². The smallest absolute Gasteiger partial charge is 0.230 e. The Morgan fingerprint density at radius 1 is 1.23 bits per heavy atom. The average Bonchev–Trinajstić information content (AvgIpc) is 3.01. The highest BCUT2D eigenvalue weighted by molar-refractivity contribution is 7.99. The van der Waals surface area contributed by atoms with Gasteiger partial charge in [0.25, 0.3) is 0 Å². The SMILES string of the molecule is C[C@H](NC(=O)CSc1ncc(-c2ccccc2)n1C)c1cccc(Cl)c1. The molecule has 0 unspecified atom stereocenters. The Morgan fingerprint density at radius 3 is 2.73 bits per heavy atom. The first-order valence-electron chi connectivity index (χ1n) is 8.29. The second-order valence-electron chi connectivity index (χ2n) is 5.98. The topological polar surface area (TPSA) is 46.9 Å². The zero-order chi connectivity index (χ0) is 18.5. The lowest BCUT2D eigenvalue weighted by molar-refractivity contribution is -0.119. The van der Waals surface area contributed by atoms with E-state index in [9.17, 15) is 4.79 Å². The molecule has 134 valence electrons. The molecule has 1 atom stereocenters. The molecule has 4 nitrogen and oxygen atoms in total. The van der Waals surface area contributed by atoms with Crippen molar-refractivity contribution in [2.24, 2.45) is 7.05 Å². The highest BCUT2D eigenvalue weighted by Crippen LogP contribution is 2.25. The van der Waals surface area contributed by atoms with E-state index in [-0.39, 0.29) is 11.9 Å². The molecular formula is C20H20ClN3OS. The number of nitrogens with one attached hydrogen (secondary N) is 1. The Morgan fingerprint density at radius 2 is 2.00 bits per heavy atom. The number of nitrogens with zero attached hydrogens (tertiary/aromatic N) is 2. The molecule has 0 aliphatic heterocycles. The van der Waals surface area contributed by atoms with Crippen LogP contribution in [0.1, 0.15) is 18.5 Å². The maximum atomic E-state index is 12.3. The second-order valence-corrected chi connectivity index (χ2v) is 7.36. The maximum absolute atomic E-state index is 12.3. The van der Waals surface area contributed by atoms with E-state index in [0.717, 1.165) is 22.0 Å². The molecular weight excluding hydrogens is 366 g/mol. The van der Waals surface area contributed by atoms with Gasteiger partial charge in [0.1, 0.15) is 0 Å². The molecule has 0 bridgehead atoms. The molecule has 1 heterocycles. The standard InChI is InChI=1S/C20H20ClN3OS/c1-14(16-9-6-10-17(21)11-16)23-19(25)13-26-20-22-12-18(24(20)2)15-7-4-3-5-8-15/h3-12,14H,13H2,1-2H3,(H,23,25)/t14-/m0/s1. The minimum absolute atomic E-state index is 0.0354. The molecule has 0 fully saturated rings. The van der Waals surface area contributed by atoms with Crippen LogP contribution in [0.2, 0.25) is 5.02 Å². The first-order valence-corrected chi connectivity index (χ1v) is 9.65. The summed E-state index contributed by atoms with van der Waals surface area (Å²) in [4.78, 5) is 16.7. The predicted molar refractivity (Wildman–Crippen MR) is 107 cm³/mol. The first kappa shape index (κ1) is 18.5. The van der Waals surface area contributed by atoms with Crippen molar-refractivity contribution in [1.82, 2.24) is 14.9 Å². The minimum atomic E-state index is -0.0944. The number of carbonyl (C=O) groups is 1. The van der Waals surface area contributed by atoms with Gasteiger partial charge in [-0.25, -0.2) is 4.98 Å². The van der Waals surface area contributed by atoms with Gasteiger partial charge in [-0.2, -0.15) is 0 Å². The van der Waals surface area contributed by atoms with Crippen molar-refractivity contribution in [3.63, 3.8) is 0 Å². The van der Waals surface area contributed by atoms with E-state index in [2.05, 4.69) is 10.3 Å². The van der Waals surface area contributed by atoms with E-state index >= 15 is 0 Å². The number of carbonyl (C=O) groups excluding carboxylic acids is 1. The van der Waals surface area contributed by atoms with Crippen molar-refractivity contribution in [1.29, 1.82) is 0 Å². The number of halogens is 1. The van der Waals surface area contributed by atoms with Gasteiger partial charge < -0.3 is 9.88 Å². The van der Waals surface area contributed by atoms with Gasteiger partial charge in [-0.05, 0) is 30.2 Å². The van der Waals surface area contributed by atoms with Crippen LogP contribution in [0.3, 0.4) is 0 Å². The summed E-state index contributed by atoms with van der Waals surface area (Å²) in [6.45, 7) is 1.95. The fraction of sp³-hybridized carbons (Fsp3) is 0.200. The lowest BCUT2D eigenvalue weighted by atomic mass is 10.1. The number of thioether (sulfide) groups is 1. The third kappa shape index (κ3) is 4.48. The number of rotatable bonds is 6. The van der Waals surface area contributed by atoms with Gasteiger partial charge in [-0.1, -0.05) is 65.8 Å². The monoisotopic (exact) mass is 385 g/mol. The summed E-state index contributed by atoms with van der Waals surface area (Å²) >= 11 is 7.43. The van der Waals surface area contributed by atoms with Gasteiger partial charge in [-0.15, -0.1) is 0 Å². The molecule has 1 aromatic heterocycles. The molecule has 3 aromatic rings. The Balaban J connectivity index is 1.59. The summed E-state index contributed by atoms with van der Waals surface area (Å²) in [6.07, 6.45) is 1.84. The van der Waals surface area contributed by atoms with E-state index in [1.54, 1.807) is 0 Å². The lowest BCUT2D eigenvalue weighted by Crippen LogP contribution is -2.28. The Bertz CT molecular complexity index is 895. The summed E-state index contributed by atoms with van der Waals surface area (Å²) in [5.41, 5.74) is 3.12. The van der Waals surface area contributed by atoms with Crippen LogP contribution in [0, 0.1) is 0 Å². The first-order chi connectivity index (χ1) is 12.5. The summed E-state index contributed by atoms with van der Waals surface area (Å²) < 4.78 is 2.01. The van der Waals surface area contributed by atoms with Gasteiger partial charge in [-0.3, -0.25) is 4.79 Å². The normalized spacial score (nSPS) is 12.0. The second kappa shape index (κ2) is 8.43. The van der Waals surface area contributed by atoms with Gasteiger partial charge in [0.05, 0.1) is 23.7 Å². The molecule has 0 radical (unpaired) electrons. The summed E-state index contributed by atoms with van der Waals surface area (Å²) in [6, 6.07) is 17.5. The van der Waals surface area contributed by atoms with Crippen molar-refractivity contribution < 1.29 is 4.79 Å². The van der Waals surface area contributed by atoms with E-state index in [1.807, 2.05) is 79.3 Å². The van der Waals surface area contributed by atoms with E-state index in [4.69, 9.17) is 11.6 Å². The predicted octanol–water partition coefficient (Wildman–Crippen LogP) is 4.71. The zero-order valence-electron chi connectivity index (χ0n) is 14.6. The quantitative estimate of drug-likeness (QED) is 0.625. The fourth-order valence-electron chi connectivity index (χ4n) is 2.68. The van der Waals surface area contributed by atoms with E-state index in [0.29, 0.717) is 10.8 Å². The maximum Gasteiger partial charge on any atom is 0.230 e. The molecule has 0 aliphatic carbocycles. The molecule has 3 rings (SSSR count). The minimum Gasteiger partial charge on any atom is -0.349 e. The number of aromatic nitrogens is 2. The number of hydrogen-bond donors (Lipinski definition) is 1. The van der Waals surface area contributed by atoms with Crippen LogP contribution in [0.4, 0.5) is 0 Å². The van der Waals surface area contributed by atoms with Crippen LogP contribution in [0.5, 0.6) is 0 Å². The molecule has 2 aromatic carbocycles. The lowest BCUT2D eigenvalue weighted by Gasteiger charge is -2.14. The van der Waals surface area contributed by atoms with Crippen LogP contribution in [-0.2, 0) is 11.8 Å². The Kier molecular flexibility index (Phi) is 6.01. The molecule has 26 heavy (non-hydrogen) atoms. The highest BCUT2D eigenvalue weighted by Gasteiger charge is 2.13. The van der Waals surface area contributed by atoms with Crippen LogP contribution in [0.15, 0.2) is 66.0 Å². The van der Waals surface area contributed by atoms with E-state index < -0.39 is 0 Å². The van der Waals surface area contributed by atoms with Crippen LogP contribution < -0.4 is 5.32 Å². The van der Waals surface area contributed by atoms with Gasteiger partial charge in [0.2, 0.25) is 5.91 Å². The largest absolute Gasteiger partial charge is 0.349 e. The molecule has 1 N–H and O–H groups in total. The van der Waals surface area contributed by atoms with Gasteiger partial charge in [0, 0.05) is 12.1 Å². The molecule has 6 heteroatoms. The zero-order valence-corrected chi connectivity index (χ0v) is 16.2. The Hall–Kier alpha value is -2.24. The van der Waals surface area contributed by atoms with E-state index in [1.165, 1.54) is 11.8 Å². The van der Waals surface area contributed by atoms with Crippen molar-refractivity contribution in [2.75, 3.05) is 5.75 Å². The molecule has 1 amide bonds. The number of amides is 1. The molecule has 0 saturated heterocycles. The van der Waals surface area contributed by atoms with Crippen molar-refractivity contribution in [3.8, 4) is 11.3 Å². The number of imidazole rings is 1. The van der Waals surface area contributed by atoms with Crippen LogP contribution in [0.25, 0.3) is 11.3 Å². The number of hydrogen-bond acceptors (Lipinski definition) is 3. The molecule has 0 saturated carbocycles. The molecule has 0 aliphatic rings. The van der Waals surface area contributed by atoms with Crippen LogP contribution in [-0.4, -0.2) is 21.2 Å². The highest BCUT2D eigenvalue weighted by atomic mass is 35.5. The molecule has 0 spiro atoms. The third-order valence-corrected chi connectivity index (χ3v) is 5.35. The summed E-state index contributed by atoms with van der Waals surface area (Å²) in [5.74, 6) is 0.274. The van der Waals surface area contributed by atoms with Gasteiger partial charge >= 0.3 is 0 Å². The Labute approximate surface area is 162 Å². The number of benzene rings is 2. The average molecular weight is 386 g/mol. The van der Waals surface area contributed by atoms with Crippen molar-refractivity contribution in [3.05, 3.63) is 71.4 Å². The van der Waals surface area contributed by atoms with Crippen LogP contribution >= 0.6 is 23.4 Å². The third-order valence-electron chi connectivity index (χ3n) is 4.07. The fourth-order valence-corrected chi connectivity index (χ4v) is 3.64. The van der Waals surface area contributed by atoms with Crippen molar-refractivity contribution >= 4 is 29.3 Å².